The number of halogens is 1. The molecule has 0 aliphatic carbocycles. The fourth-order valence-electron chi connectivity index (χ4n) is 4.03. The van der Waals surface area contributed by atoms with E-state index in [1.807, 2.05) is 59.5 Å². The number of fused-ring (bicyclic) bond motifs is 1. The molecule has 160 valence electrons. The molecule has 0 saturated carbocycles. The zero-order valence-electron chi connectivity index (χ0n) is 17.5. The Morgan fingerprint density at radius 3 is 2.47 bits per heavy atom. The van der Waals surface area contributed by atoms with E-state index >= 15 is 0 Å². The molecule has 5 rings (SSSR count). The van der Waals surface area contributed by atoms with Gasteiger partial charge in [-0.3, -0.25) is 9.78 Å². The van der Waals surface area contributed by atoms with Gasteiger partial charge in [0.05, 0.1) is 11.9 Å². The van der Waals surface area contributed by atoms with Crippen LogP contribution in [0.25, 0.3) is 22.3 Å². The molecule has 3 heterocycles. The van der Waals surface area contributed by atoms with Crippen LogP contribution < -0.4 is 4.90 Å². The van der Waals surface area contributed by atoms with Gasteiger partial charge in [-0.25, -0.2) is 9.97 Å². The van der Waals surface area contributed by atoms with E-state index in [2.05, 4.69) is 16.0 Å². The second-order valence-corrected chi connectivity index (χ2v) is 8.23. The number of anilines is 1. The Balaban J connectivity index is 1.36. The summed E-state index contributed by atoms with van der Waals surface area (Å²) in [4.78, 5) is 30.7. The molecule has 0 atom stereocenters. The largest absolute Gasteiger partial charge is 0.352 e. The van der Waals surface area contributed by atoms with Gasteiger partial charge in [0.15, 0.2) is 5.82 Å². The number of aromatic nitrogens is 3. The highest BCUT2D eigenvalue weighted by Crippen LogP contribution is 2.28. The lowest BCUT2D eigenvalue weighted by molar-refractivity contribution is -0.130. The monoisotopic (exact) mass is 443 g/mol. The smallest absolute Gasteiger partial charge is 0.227 e. The first-order chi connectivity index (χ1) is 15.7. The number of rotatable bonds is 4. The molecule has 0 spiro atoms. The Labute approximate surface area is 191 Å². The van der Waals surface area contributed by atoms with Gasteiger partial charge in [0, 0.05) is 54.5 Å². The van der Waals surface area contributed by atoms with Crippen molar-refractivity contribution >= 4 is 34.2 Å². The van der Waals surface area contributed by atoms with Crippen molar-refractivity contribution in [3.05, 3.63) is 83.6 Å². The molecular weight excluding hydrogens is 422 g/mol. The molecule has 0 radical (unpaired) electrons. The highest BCUT2D eigenvalue weighted by Gasteiger charge is 2.24. The summed E-state index contributed by atoms with van der Waals surface area (Å²) < 4.78 is 0. The van der Waals surface area contributed by atoms with Gasteiger partial charge in [0.1, 0.15) is 5.82 Å². The number of amides is 1. The van der Waals surface area contributed by atoms with Crippen molar-refractivity contribution < 1.29 is 4.79 Å². The van der Waals surface area contributed by atoms with Crippen LogP contribution in [-0.4, -0.2) is 51.9 Å². The summed E-state index contributed by atoms with van der Waals surface area (Å²) in [5.74, 6) is 1.71. The molecule has 0 bridgehead atoms. The topological polar surface area (TPSA) is 62.2 Å². The molecule has 1 fully saturated rings. The van der Waals surface area contributed by atoms with E-state index in [0.717, 1.165) is 40.9 Å². The lowest BCUT2D eigenvalue weighted by atomic mass is 10.1. The van der Waals surface area contributed by atoms with E-state index < -0.39 is 0 Å². The van der Waals surface area contributed by atoms with Crippen molar-refractivity contribution in [2.24, 2.45) is 0 Å². The minimum absolute atomic E-state index is 0.122. The SMILES string of the molecule is O=C(Cc1cccc(Cl)c1)N1CCN(c2nc(-c3ccncc3)nc3ccccc23)CC1. The average molecular weight is 444 g/mol. The van der Waals surface area contributed by atoms with E-state index in [1.54, 1.807) is 12.4 Å². The van der Waals surface area contributed by atoms with Crippen molar-refractivity contribution in [3.63, 3.8) is 0 Å². The number of nitrogens with zero attached hydrogens (tertiary/aromatic N) is 5. The van der Waals surface area contributed by atoms with Gasteiger partial charge in [-0.05, 0) is 42.0 Å². The Bertz CT molecular complexity index is 1260. The quantitative estimate of drug-likeness (QED) is 0.472. The summed E-state index contributed by atoms with van der Waals surface area (Å²) in [5, 5.41) is 1.67. The van der Waals surface area contributed by atoms with Crippen LogP contribution in [0.3, 0.4) is 0 Å². The number of piperazine rings is 1. The van der Waals surface area contributed by atoms with Crippen molar-refractivity contribution in [2.45, 2.75) is 6.42 Å². The molecular formula is C25H22ClN5O. The van der Waals surface area contributed by atoms with Crippen molar-refractivity contribution in [1.82, 2.24) is 19.9 Å². The number of para-hydroxylation sites is 1. The Kier molecular flexibility index (Phi) is 5.69. The van der Waals surface area contributed by atoms with Crippen LogP contribution in [-0.2, 0) is 11.2 Å². The Morgan fingerprint density at radius 2 is 1.69 bits per heavy atom. The molecule has 7 heteroatoms. The van der Waals surface area contributed by atoms with Crippen LogP contribution >= 0.6 is 11.6 Å². The van der Waals surface area contributed by atoms with Crippen LogP contribution in [0.15, 0.2) is 73.1 Å². The van der Waals surface area contributed by atoms with E-state index in [0.29, 0.717) is 30.4 Å². The van der Waals surface area contributed by atoms with Gasteiger partial charge in [0.25, 0.3) is 0 Å². The Hall–Kier alpha value is -3.51. The molecule has 4 aromatic rings. The number of pyridine rings is 1. The minimum Gasteiger partial charge on any atom is -0.352 e. The lowest BCUT2D eigenvalue weighted by Crippen LogP contribution is -2.49. The highest BCUT2D eigenvalue weighted by atomic mass is 35.5. The first-order valence-electron chi connectivity index (χ1n) is 10.6. The molecule has 1 amide bonds. The van der Waals surface area contributed by atoms with Gasteiger partial charge in [-0.15, -0.1) is 0 Å². The van der Waals surface area contributed by atoms with Crippen LogP contribution in [0.5, 0.6) is 0 Å². The van der Waals surface area contributed by atoms with Crippen LogP contribution in [0.2, 0.25) is 5.02 Å². The summed E-state index contributed by atoms with van der Waals surface area (Å²) >= 11 is 6.06. The molecule has 6 nitrogen and oxygen atoms in total. The zero-order valence-corrected chi connectivity index (χ0v) is 18.2. The summed E-state index contributed by atoms with van der Waals surface area (Å²) in [5.41, 5.74) is 2.78. The zero-order chi connectivity index (χ0) is 21.9. The molecule has 0 unspecified atom stereocenters. The van der Waals surface area contributed by atoms with Crippen molar-refractivity contribution in [2.75, 3.05) is 31.1 Å². The average Bonchev–Trinajstić information content (AvgIpc) is 2.84. The van der Waals surface area contributed by atoms with Gasteiger partial charge < -0.3 is 9.80 Å². The number of hydrogen-bond acceptors (Lipinski definition) is 5. The fourth-order valence-corrected chi connectivity index (χ4v) is 4.24. The van der Waals surface area contributed by atoms with Crippen LogP contribution in [0, 0.1) is 0 Å². The molecule has 1 aliphatic heterocycles. The molecule has 2 aromatic heterocycles. The first kappa shape index (κ1) is 20.4. The minimum atomic E-state index is 0.122. The van der Waals surface area contributed by atoms with Crippen molar-refractivity contribution in [1.29, 1.82) is 0 Å². The van der Waals surface area contributed by atoms with Gasteiger partial charge in [0.2, 0.25) is 5.91 Å². The van der Waals surface area contributed by atoms with Gasteiger partial charge >= 0.3 is 0 Å². The first-order valence-corrected chi connectivity index (χ1v) is 11.0. The predicted molar refractivity (Wildman–Crippen MR) is 127 cm³/mol. The maximum Gasteiger partial charge on any atom is 0.227 e. The third kappa shape index (κ3) is 4.27. The molecule has 1 saturated heterocycles. The van der Waals surface area contributed by atoms with Gasteiger partial charge in [-0.1, -0.05) is 35.9 Å². The van der Waals surface area contributed by atoms with Crippen molar-refractivity contribution in [3.8, 4) is 11.4 Å². The van der Waals surface area contributed by atoms with E-state index in [9.17, 15) is 4.79 Å². The van der Waals surface area contributed by atoms with Crippen LogP contribution in [0.4, 0.5) is 5.82 Å². The molecule has 2 aromatic carbocycles. The van der Waals surface area contributed by atoms with Gasteiger partial charge in [-0.2, -0.15) is 0 Å². The van der Waals surface area contributed by atoms with E-state index in [4.69, 9.17) is 21.6 Å². The lowest BCUT2D eigenvalue weighted by Gasteiger charge is -2.36. The second kappa shape index (κ2) is 8.93. The van der Waals surface area contributed by atoms with E-state index in [-0.39, 0.29) is 5.91 Å². The summed E-state index contributed by atoms with van der Waals surface area (Å²) in [6.45, 7) is 2.75. The van der Waals surface area contributed by atoms with Crippen LogP contribution in [0.1, 0.15) is 5.56 Å². The number of carbonyl (C=O) groups is 1. The maximum atomic E-state index is 12.8. The third-order valence-electron chi connectivity index (χ3n) is 5.70. The second-order valence-electron chi connectivity index (χ2n) is 7.80. The fraction of sp³-hybridized carbons (Fsp3) is 0.200. The highest BCUT2D eigenvalue weighted by molar-refractivity contribution is 6.30. The normalized spacial score (nSPS) is 14.0. The number of carbonyl (C=O) groups excluding carboxylic acids is 1. The maximum absolute atomic E-state index is 12.8. The number of benzene rings is 2. The number of hydrogen-bond donors (Lipinski definition) is 0. The molecule has 32 heavy (non-hydrogen) atoms. The Morgan fingerprint density at radius 1 is 0.906 bits per heavy atom. The summed E-state index contributed by atoms with van der Waals surface area (Å²) in [7, 11) is 0. The predicted octanol–water partition coefficient (Wildman–Crippen LogP) is 4.24. The molecule has 0 N–H and O–H groups in total. The van der Waals surface area contributed by atoms with E-state index in [1.165, 1.54) is 0 Å². The summed E-state index contributed by atoms with van der Waals surface area (Å²) in [6, 6.07) is 19.4. The third-order valence-corrected chi connectivity index (χ3v) is 5.93. The molecule has 1 aliphatic rings. The summed E-state index contributed by atoms with van der Waals surface area (Å²) in [6.07, 6.45) is 3.86. The standard InChI is InChI=1S/C25H22ClN5O/c26-20-5-3-4-18(16-20)17-23(32)30-12-14-31(15-13-30)25-21-6-1-2-7-22(21)28-24(29-25)19-8-10-27-11-9-19/h1-11,16H,12-15,17H2.